The van der Waals surface area contributed by atoms with Crippen LogP contribution in [0, 0.1) is 16.0 Å². The minimum Gasteiger partial charge on any atom is -0.351 e. The standard InChI is InChI=1S/C11H19N5O2/c1-3-9-10(16(17)18)11(14(2)13-9)15-5-4-8(6-12)7-15/h8H,3-7,12H2,1-2H3. The molecular weight excluding hydrogens is 234 g/mol. The molecule has 0 amide bonds. The lowest BCUT2D eigenvalue weighted by molar-refractivity contribution is -0.384. The van der Waals surface area contributed by atoms with Crippen molar-refractivity contribution in [2.24, 2.45) is 18.7 Å². The van der Waals surface area contributed by atoms with Crippen LogP contribution in [0.15, 0.2) is 0 Å². The monoisotopic (exact) mass is 253 g/mol. The highest BCUT2D eigenvalue weighted by molar-refractivity contribution is 5.62. The van der Waals surface area contributed by atoms with Crippen LogP contribution in [0.5, 0.6) is 0 Å². The van der Waals surface area contributed by atoms with Gasteiger partial charge in [-0.3, -0.25) is 10.1 Å². The highest BCUT2D eigenvalue weighted by Crippen LogP contribution is 2.34. The first kappa shape index (κ1) is 12.8. The first-order chi connectivity index (χ1) is 8.58. The van der Waals surface area contributed by atoms with Gasteiger partial charge in [0.25, 0.3) is 0 Å². The molecule has 1 fully saturated rings. The van der Waals surface area contributed by atoms with E-state index in [2.05, 4.69) is 5.10 Å². The van der Waals surface area contributed by atoms with Gasteiger partial charge in [-0.25, -0.2) is 4.68 Å². The topological polar surface area (TPSA) is 90.2 Å². The number of hydrogen-bond acceptors (Lipinski definition) is 5. The molecule has 0 spiro atoms. The lowest BCUT2D eigenvalue weighted by Crippen LogP contribution is -2.25. The molecular formula is C11H19N5O2. The Kier molecular flexibility index (Phi) is 3.51. The summed E-state index contributed by atoms with van der Waals surface area (Å²) in [5, 5.41) is 15.5. The van der Waals surface area contributed by atoms with E-state index in [-0.39, 0.29) is 10.6 Å². The number of nitro groups is 1. The Morgan fingerprint density at radius 2 is 2.33 bits per heavy atom. The Bertz CT molecular complexity index is 457. The number of rotatable bonds is 4. The molecule has 18 heavy (non-hydrogen) atoms. The first-order valence-electron chi connectivity index (χ1n) is 6.23. The average Bonchev–Trinajstić information content (AvgIpc) is 2.91. The maximum atomic E-state index is 11.2. The number of nitrogens with zero attached hydrogens (tertiary/aromatic N) is 4. The van der Waals surface area contributed by atoms with Gasteiger partial charge in [0, 0.05) is 20.1 Å². The van der Waals surface area contributed by atoms with Crippen molar-refractivity contribution in [3.63, 3.8) is 0 Å². The Morgan fingerprint density at radius 1 is 1.61 bits per heavy atom. The molecule has 1 aliphatic rings. The fraction of sp³-hybridized carbons (Fsp3) is 0.727. The fourth-order valence-electron chi connectivity index (χ4n) is 2.56. The molecule has 1 aromatic rings. The van der Waals surface area contributed by atoms with Crippen LogP contribution in [0.3, 0.4) is 0 Å². The number of aromatic nitrogens is 2. The predicted molar refractivity (Wildman–Crippen MR) is 68.6 cm³/mol. The minimum absolute atomic E-state index is 0.151. The highest BCUT2D eigenvalue weighted by atomic mass is 16.6. The molecule has 7 nitrogen and oxygen atoms in total. The van der Waals surface area contributed by atoms with Crippen molar-refractivity contribution < 1.29 is 4.92 Å². The van der Waals surface area contributed by atoms with Crippen molar-refractivity contribution >= 4 is 11.5 Å². The zero-order chi connectivity index (χ0) is 13.3. The van der Waals surface area contributed by atoms with Gasteiger partial charge in [0.15, 0.2) is 0 Å². The van der Waals surface area contributed by atoms with Crippen LogP contribution in [0.4, 0.5) is 11.5 Å². The van der Waals surface area contributed by atoms with Crippen LogP contribution in [-0.2, 0) is 13.5 Å². The van der Waals surface area contributed by atoms with Gasteiger partial charge in [0.1, 0.15) is 5.69 Å². The van der Waals surface area contributed by atoms with E-state index in [0.29, 0.717) is 30.4 Å². The third kappa shape index (κ3) is 2.05. The lowest BCUT2D eigenvalue weighted by Gasteiger charge is -2.17. The van der Waals surface area contributed by atoms with Crippen LogP contribution in [0.2, 0.25) is 0 Å². The van der Waals surface area contributed by atoms with Gasteiger partial charge in [-0.05, 0) is 25.3 Å². The summed E-state index contributed by atoms with van der Waals surface area (Å²) in [6.07, 6.45) is 1.55. The first-order valence-corrected chi connectivity index (χ1v) is 6.23. The second kappa shape index (κ2) is 4.93. The van der Waals surface area contributed by atoms with Gasteiger partial charge in [0.05, 0.1) is 4.92 Å². The summed E-state index contributed by atoms with van der Waals surface area (Å²) in [5.74, 6) is 1.04. The van der Waals surface area contributed by atoms with Gasteiger partial charge in [0.2, 0.25) is 5.82 Å². The fourth-order valence-corrected chi connectivity index (χ4v) is 2.56. The molecule has 1 aliphatic heterocycles. The number of nitrogens with two attached hydrogens (primary N) is 1. The maximum absolute atomic E-state index is 11.2. The van der Waals surface area contributed by atoms with E-state index in [1.165, 1.54) is 0 Å². The molecule has 1 saturated heterocycles. The molecule has 0 radical (unpaired) electrons. The molecule has 0 aromatic carbocycles. The van der Waals surface area contributed by atoms with Gasteiger partial charge < -0.3 is 10.6 Å². The molecule has 2 rings (SSSR count). The van der Waals surface area contributed by atoms with Crippen LogP contribution >= 0.6 is 0 Å². The zero-order valence-electron chi connectivity index (χ0n) is 10.8. The Hall–Kier alpha value is -1.63. The van der Waals surface area contributed by atoms with E-state index < -0.39 is 0 Å². The van der Waals surface area contributed by atoms with Crippen molar-refractivity contribution in [3.05, 3.63) is 15.8 Å². The Morgan fingerprint density at radius 3 is 2.83 bits per heavy atom. The van der Waals surface area contributed by atoms with E-state index in [9.17, 15) is 10.1 Å². The summed E-state index contributed by atoms with van der Waals surface area (Å²) in [6, 6.07) is 0. The molecule has 1 unspecified atom stereocenters. The SMILES string of the molecule is CCc1nn(C)c(N2CCC(CN)C2)c1[N+](=O)[O-]. The van der Waals surface area contributed by atoms with Crippen LogP contribution in [-0.4, -0.2) is 34.3 Å². The Labute approximate surface area is 106 Å². The van der Waals surface area contributed by atoms with Gasteiger partial charge in [-0.1, -0.05) is 6.92 Å². The number of aryl methyl sites for hydroxylation is 2. The van der Waals surface area contributed by atoms with Gasteiger partial charge in [-0.2, -0.15) is 5.10 Å². The van der Waals surface area contributed by atoms with Crippen molar-refractivity contribution in [1.82, 2.24) is 9.78 Å². The number of anilines is 1. The lowest BCUT2D eigenvalue weighted by atomic mass is 10.1. The minimum atomic E-state index is -0.322. The zero-order valence-corrected chi connectivity index (χ0v) is 10.8. The van der Waals surface area contributed by atoms with Crippen LogP contribution in [0.1, 0.15) is 19.0 Å². The van der Waals surface area contributed by atoms with E-state index in [1.807, 2.05) is 11.8 Å². The van der Waals surface area contributed by atoms with Crippen molar-refractivity contribution in [2.45, 2.75) is 19.8 Å². The summed E-state index contributed by atoms with van der Waals surface area (Å²) in [5.41, 5.74) is 6.36. The normalized spacial score (nSPS) is 19.5. The molecule has 100 valence electrons. The predicted octanol–water partition coefficient (Wildman–Crippen LogP) is 0.676. The molecule has 1 aromatic heterocycles. The van der Waals surface area contributed by atoms with Crippen LogP contribution < -0.4 is 10.6 Å². The summed E-state index contributed by atoms with van der Waals surface area (Å²) in [4.78, 5) is 12.9. The van der Waals surface area contributed by atoms with Gasteiger partial charge in [-0.15, -0.1) is 0 Å². The quantitative estimate of drug-likeness (QED) is 0.629. The molecule has 0 bridgehead atoms. The van der Waals surface area contributed by atoms with E-state index in [4.69, 9.17) is 5.73 Å². The summed E-state index contributed by atoms with van der Waals surface area (Å²) < 4.78 is 1.62. The Balaban J connectivity index is 2.38. The van der Waals surface area contributed by atoms with Crippen molar-refractivity contribution in [3.8, 4) is 0 Å². The van der Waals surface area contributed by atoms with E-state index in [1.54, 1.807) is 11.7 Å². The molecule has 7 heteroatoms. The molecule has 2 heterocycles. The third-order valence-corrected chi connectivity index (χ3v) is 3.50. The summed E-state index contributed by atoms with van der Waals surface area (Å²) in [6.45, 7) is 4.10. The molecule has 2 N–H and O–H groups in total. The van der Waals surface area contributed by atoms with Gasteiger partial charge >= 0.3 is 5.69 Å². The number of hydrogen-bond donors (Lipinski definition) is 1. The second-order valence-electron chi connectivity index (χ2n) is 4.69. The second-order valence-corrected chi connectivity index (χ2v) is 4.69. The van der Waals surface area contributed by atoms with Crippen molar-refractivity contribution in [2.75, 3.05) is 24.5 Å². The van der Waals surface area contributed by atoms with Crippen molar-refractivity contribution in [1.29, 1.82) is 0 Å². The molecule has 0 saturated carbocycles. The maximum Gasteiger partial charge on any atom is 0.334 e. The summed E-state index contributed by atoms with van der Waals surface area (Å²) >= 11 is 0. The van der Waals surface area contributed by atoms with E-state index in [0.717, 1.165) is 19.5 Å². The smallest absolute Gasteiger partial charge is 0.334 e. The van der Waals surface area contributed by atoms with E-state index >= 15 is 0 Å². The molecule has 0 aliphatic carbocycles. The average molecular weight is 253 g/mol. The third-order valence-electron chi connectivity index (χ3n) is 3.50. The largest absolute Gasteiger partial charge is 0.351 e. The van der Waals surface area contributed by atoms with Crippen LogP contribution in [0.25, 0.3) is 0 Å². The highest BCUT2D eigenvalue weighted by Gasteiger charge is 2.33. The molecule has 1 atom stereocenters. The summed E-state index contributed by atoms with van der Waals surface area (Å²) in [7, 11) is 1.76.